The predicted octanol–water partition coefficient (Wildman–Crippen LogP) is 4.92. The van der Waals surface area contributed by atoms with Gasteiger partial charge in [-0.25, -0.2) is 23.9 Å². The molecule has 1 saturated heterocycles. The van der Waals surface area contributed by atoms with Crippen molar-refractivity contribution in [2.45, 2.75) is 31.8 Å². The maximum Gasteiger partial charge on any atom is 0.213 e. The van der Waals surface area contributed by atoms with E-state index < -0.39 is 5.95 Å². The molecule has 1 fully saturated rings. The fourth-order valence-corrected chi connectivity index (χ4v) is 5.66. The second-order valence-electron chi connectivity index (χ2n) is 10.7. The number of fused-ring (bicyclic) bond motifs is 1. The molecule has 0 aliphatic carbocycles. The minimum atomic E-state index is -0.704. The van der Waals surface area contributed by atoms with Gasteiger partial charge in [0.05, 0.1) is 36.0 Å². The number of halogens is 2. The summed E-state index contributed by atoms with van der Waals surface area (Å²) in [5.74, 6) is -1.28. The predicted molar refractivity (Wildman–Crippen MR) is 154 cm³/mol. The fraction of sp³-hybridized carbons (Fsp3) is 0.226. The van der Waals surface area contributed by atoms with Crippen molar-refractivity contribution in [3.63, 3.8) is 0 Å². The standard InChI is InChI=1S/C31H27F2N9O/c32-22-3-1-20(2-4-22)30-31(41(19-35-30)25-9-13-40(14-10-25)17-23-8-12-36-38-23)26-5-6-29-37-24(18-42(29)39-26)16-27(43)21-7-11-34-28(33)15-21/h1-8,11-12,15,18-19,25H,9-10,13-14,16-17H2,(H,36,38). The molecule has 7 rings (SSSR count). The van der Waals surface area contributed by atoms with Crippen LogP contribution in [0.5, 0.6) is 0 Å². The molecule has 43 heavy (non-hydrogen) atoms. The highest BCUT2D eigenvalue weighted by Gasteiger charge is 2.26. The van der Waals surface area contributed by atoms with E-state index in [0.717, 1.165) is 55.5 Å². The first kappa shape index (κ1) is 26.8. The topological polar surface area (TPSA) is 110 Å². The van der Waals surface area contributed by atoms with Gasteiger partial charge in [0.2, 0.25) is 5.95 Å². The Labute approximate surface area is 245 Å². The van der Waals surface area contributed by atoms with E-state index in [1.54, 1.807) is 29.0 Å². The summed E-state index contributed by atoms with van der Waals surface area (Å²) in [6, 6.07) is 14.8. The number of H-pyrrole nitrogens is 1. The van der Waals surface area contributed by atoms with Crippen LogP contribution in [-0.4, -0.2) is 63.1 Å². The highest BCUT2D eigenvalue weighted by Crippen LogP contribution is 2.35. The fourth-order valence-electron chi connectivity index (χ4n) is 5.66. The lowest BCUT2D eigenvalue weighted by Gasteiger charge is -2.33. The Morgan fingerprint density at radius 1 is 0.977 bits per heavy atom. The van der Waals surface area contributed by atoms with Gasteiger partial charge in [0.1, 0.15) is 11.5 Å². The van der Waals surface area contributed by atoms with Crippen LogP contribution in [-0.2, 0) is 13.0 Å². The van der Waals surface area contributed by atoms with E-state index >= 15 is 0 Å². The molecule has 5 aromatic heterocycles. The lowest BCUT2D eigenvalue weighted by molar-refractivity contribution is 0.0991. The minimum absolute atomic E-state index is 0.00195. The van der Waals surface area contributed by atoms with E-state index in [4.69, 9.17) is 10.1 Å². The molecular weight excluding hydrogens is 552 g/mol. The number of ketones is 1. The number of hydrogen-bond acceptors (Lipinski definition) is 7. The third kappa shape index (κ3) is 5.56. The number of pyridine rings is 1. The van der Waals surface area contributed by atoms with E-state index in [9.17, 15) is 13.6 Å². The highest BCUT2D eigenvalue weighted by atomic mass is 19.1. The molecule has 0 unspecified atom stereocenters. The van der Waals surface area contributed by atoms with Crippen LogP contribution in [0.3, 0.4) is 0 Å². The van der Waals surface area contributed by atoms with Gasteiger partial charge < -0.3 is 4.57 Å². The Balaban J connectivity index is 1.20. The number of nitrogens with zero attached hydrogens (tertiary/aromatic N) is 8. The number of aromatic amines is 1. The molecule has 0 bridgehead atoms. The highest BCUT2D eigenvalue weighted by molar-refractivity contribution is 5.97. The van der Waals surface area contributed by atoms with E-state index in [2.05, 4.69) is 29.6 Å². The van der Waals surface area contributed by atoms with Crippen molar-refractivity contribution in [3.8, 4) is 22.6 Å². The van der Waals surface area contributed by atoms with Gasteiger partial charge in [-0.1, -0.05) is 0 Å². The number of aromatic nitrogens is 8. The molecule has 12 heteroatoms. The van der Waals surface area contributed by atoms with Crippen molar-refractivity contribution in [1.82, 2.24) is 44.2 Å². The number of likely N-dealkylation sites (tertiary alicyclic amines) is 1. The van der Waals surface area contributed by atoms with Gasteiger partial charge in [0.25, 0.3) is 0 Å². The Bertz CT molecular complexity index is 1890. The number of carbonyl (C=O) groups is 1. The molecule has 6 aromatic rings. The maximum atomic E-state index is 13.8. The first-order valence-corrected chi connectivity index (χ1v) is 14.0. The van der Waals surface area contributed by atoms with Crippen LogP contribution in [0.2, 0.25) is 0 Å². The zero-order valence-corrected chi connectivity index (χ0v) is 23.1. The Hall–Kier alpha value is -5.10. The number of nitrogens with one attached hydrogen (secondary N) is 1. The van der Waals surface area contributed by atoms with Gasteiger partial charge in [0.15, 0.2) is 11.4 Å². The summed E-state index contributed by atoms with van der Waals surface area (Å²) >= 11 is 0. The number of Topliss-reactive ketones (excluding diaryl/α,β-unsaturated/α-hetero) is 1. The molecule has 1 N–H and O–H groups in total. The van der Waals surface area contributed by atoms with Gasteiger partial charge in [-0.2, -0.15) is 14.6 Å². The Morgan fingerprint density at radius 3 is 2.58 bits per heavy atom. The third-order valence-corrected chi connectivity index (χ3v) is 7.82. The van der Waals surface area contributed by atoms with Gasteiger partial charge in [-0.3, -0.25) is 14.8 Å². The van der Waals surface area contributed by atoms with Gasteiger partial charge in [-0.05, 0) is 61.4 Å². The first-order chi connectivity index (χ1) is 21.0. The first-order valence-electron chi connectivity index (χ1n) is 14.0. The second kappa shape index (κ2) is 11.3. The molecular formula is C31H27F2N9O. The van der Waals surface area contributed by atoms with Crippen molar-refractivity contribution >= 4 is 11.4 Å². The number of piperidine rings is 1. The van der Waals surface area contributed by atoms with Crippen LogP contribution in [0.4, 0.5) is 8.78 Å². The Morgan fingerprint density at radius 2 is 1.81 bits per heavy atom. The quantitative estimate of drug-likeness (QED) is 0.201. The summed E-state index contributed by atoms with van der Waals surface area (Å²) in [5, 5.41) is 12.0. The van der Waals surface area contributed by atoms with E-state index in [1.165, 1.54) is 24.4 Å². The van der Waals surface area contributed by atoms with Crippen LogP contribution in [0.25, 0.3) is 28.3 Å². The lowest BCUT2D eigenvalue weighted by atomic mass is 10.0. The van der Waals surface area contributed by atoms with Crippen molar-refractivity contribution in [3.05, 3.63) is 108 Å². The Kier molecular flexibility index (Phi) is 7.03. The van der Waals surface area contributed by atoms with Crippen molar-refractivity contribution < 1.29 is 13.6 Å². The van der Waals surface area contributed by atoms with E-state index in [1.807, 2.05) is 24.5 Å². The van der Waals surface area contributed by atoms with Gasteiger partial charge >= 0.3 is 0 Å². The molecule has 1 aliphatic heterocycles. The van der Waals surface area contributed by atoms with Gasteiger partial charge in [-0.15, -0.1) is 0 Å². The zero-order valence-electron chi connectivity index (χ0n) is 23.1. The number of benzene rings is 1. The molecule has 1 aliphatic rings. The van der Waals surface area contributed by atoms with Crippen molar-refractivity contribution in [2.75, 3.05) is 13.1 Å². The molecule has 0 saturated carbocycles. The molecule has 0 amide bonds. The van der Waals surface area contributed by atoms with E-state index in [0.29, 0.717) is 22.7 Å². The summed E-state index contributed by atoms with van der Waals surface area (Å²) < 4.78 is 31.1. The van der Waals surface area contributed by atoms with Crippen LogP contribution in [0.15, 0.2) is 79.5 Å². The number of rotatable bonds is 8. The van der Waals surface area contributed by atoms with Crippen molar-refractivity contribution in [2.24, 2.45) is 0 Å². The van der Waals surface area contributed by atoms with Crippen LogP contribution < -0.4 is 0 Å². The minimum Gasteiger partial charge on any atom is -0.326 e. The van der Waals surface area contributed by atoms with Crippen LogP contribution >= 0.6 is 0 Å². The average molecular weight is 580 g/mol. The molecule has 0 spiro atoms. The summed E-state index contributed by atoms with van der Waals surface area (Å²) in [6.45, 7) is 2.66. The molecule has 10 nitrogen and oxygen atoms in total. The molecule has 0 radical (unpaired) electrons. The van der Waals surface area contributed by atoms with Crippen LogP contribution in [0.1, 0.15) is 40.6 Å². The van der Waals surface area contributed by atoms with E-state index in [-0.39, 0.29) is 29.6 Å². The smallest absolute Gasteiger partial charge is 0.213 e. The third-order valence-electron chi connectivity index (χ3n) is 7.82. The molecule has 0 atom stereocenters. The van der Waals surface area contributed by atoms with Crippen LogP contribution in [0, 0.1) is 11.8 Å². The second-order valence-corrected chi connectivity index (χ2v) is 10.7. The number of carbonyl (C=O) groups excluding carboxylic acids is 1. The largest absolute Gasteiger partial charge is 0.326 e. The summed E-state index contributed by atoms with van der Waals surface area (Å²) in [4.78, 5) is 28.0. The molecule has 216 valence electrons. The van der Waals surface area contributed by atoms with Gasteiger partial charge in [0, 0.05) is 61.0 Å². The molecule has 6 heterocycles. The normalized spacial score (nSPS) is 14.5. The summed E-state index contributed by atoms with van der Waals surface area (Å²) in [5.41, 5.74) is 5.43. The maximum absolute atomic E-state index is 13.8. The average Bonchev–Trinajstić information content (AvgIpc) is 3.78. The number of hydrogen-bond donors (Lipinski definition) is 1. The van der Waals surface area contributed by atoms with Crippen molar-refractivity contribution in [1.29, 1.82) is 0 Å². The SMILES string of the molecule is O=C(Cc1cn2nc(-c3c(-c4ccc(F)cc4)ncn3C3CCN(Cc4ccn[nH]4)CC3)ccc2n1)c1ccnc(F)c1. The summed E-state index contributed by atoms with van der Waals surface area (Å²) in [6.07, 6.45) is 8.44. The summed E-state index contributed by atoms with van der Waals surface area (Å²) in [7, 11) is 0. The molecule has 1 aromatic carbocycles. The lowest BCUT2D eigenvalue weighted by Crippen LogP contribution is -2.34. The number of imidazole rings is 2. The monoisotopic (exact) mass is 579 g/mol. The zero-order chi connectivity index (χ0) is 29.3.